The van der Waals surface area contributed by atoms with Crippen molar-refractivity contribution < 1.29 is 0 Å². The summed E-state index contributed by atoms with van der Waals surface area (Å²) in [6, 6.07) is 0. The molecule has 0 radical (unpaired) electrons. The molecule has 0 saturated heterocycles. The van der Waals surface area contributed by atoms with E-state index in [1.54, 1.807) is 0 Å². The van der Waals surface area contributed by atoms with E-state index in [9.17, 15) is 0 Å². The standard InChI is InChI=1S/C4H3Cl5/c5-1-2(6)3(7)4(8)9/h4H,1H2. The third-order valence-corrected chi connectivity index (χ3v) is 2.51. The second-order valence-electron chi connectivity index (χ2n) is 1.19. The van der Waals surface area contributed by atoms with Gasteiger partial charge in [0.25, 0.3) is 0 Å². The number of hydrogen-bond acceptors (Lipinski definition) is 0. The van der Waals surface area contributed by atoms with Gasteiger partial charge in [0.05, 0.1) is 15.9 Å². The smallest absolute Gasteiger partial charge is 0.121 e. The Labute approximate surface area is 78.7 Å². The maximum atomic E-state index is 5.47. The minimum absolute atomic E-state index is 0.135. The van der Waals surface area contributed by atoms with Gasteiger partial charge in [0, 0.05) is 0 Å². The summed E-state index contributed by atoms with van der Waals surface area (Å²) in [4.78, 5) is -0.780. The number of alkyl halides is 3. The fourth-order valence-electron chi connectivity index (χ4n) is 0.182. The normalized spacial score (nSPS) is 14.0. The Morgan fingerprint density at radius 2 is 1.67 bits per heavy atom. The van der Waals surface area contributed by atoms with Crippen LogP contribution in [0.3, 0.4) is 0 Å². The summed E-state index contributed by atoms with van der Waals surface area (Å²) in [6.45, 7) is 0. The number of halogens is 5. The molecule has 0 aliphatic heterocycles. The van der Waals surface area contributed by atoms with E-state index in [0.29, 0.717) is 0 Å². The Hall–Kier alpha value is 1.19. The largest absolute Gasteiger partial charge is 0.144 e. The maximum Gasteiger partial charge on any atom is 0.144 e. The first kappa shape index (κ1) is 10.2. The van der Waals surface area contributed by atoms with Crippen LogP contribution in [0.15, 0.2) is 10.1 Å². The molecule has 5 heteroatoms. The van der Waals surface area contributed by atoms with Crippen molar-refractivity contribution in [2.24, 2.45) is 0 Å². The van der Waals surface area contributed by atoms with E-state index in [1.165, 1.54) is 0 Å². The third kappa shape index (κ3) is 3.79. The van der Waals surface area contributed by atoms with E-state index in [-0.39, 0.29) is 15.9 Å². The number of allylic oxidation sites excluding steroid dienone is 2. The Morgan fingerprint density at radius 1 is 1.22 bits per heavy atom. The molecule has 0 spiro atoms. The molecule has 0 unspecified atom stereocenters. The Kier molecular flexibility index (Phi) is 5.57. The molecule has 0 aromatic rings. The van der Waals surface area contributed by atoms with E-state index in [1.807, 2.05) is 0 Å². The van der Waals surface area contributed by atoms with Gasteiger partial charge in [-0.15, -0.1) is 11.6 Å². The summed E-state index contributed by atoms with van der Waals surface area (Å²) >= 11 is 26.9. The van der Waals surface area contributed by atoms with Gasteiger partial charge in [-0.05, 0) is 0 Å². The Bertz CT molecular complexity index is 116. The van der Waals surface area contributed by atoms with Gasteiger partial charge in [-0.2, -0.15) is 0 Å². The quantitative estimate of drug-likeness (QED) is 0.632. The van der Waals surface area contributed by atoms with Crippen molar-refractivity contribution in [3.8, 4) is 0 Å². The van der Waals surface area contributed by atoms with Crippen LogP contribution in [0.2, 0.25) is 0 Å². The van der Waals surface area contributed by atoms with Crippen molar-refractivity contribution in [2.75, 3.05) is 5.88 Å². The maximum absolute atomic E-state index is 5.47. The summed E-state index contributed by atoms with van der Waals surface area (Å²) in [5.41, 5.74) is 0. The van der Waals surface area contributed by atoms with Crippen LogP contribution < -0.4 is 0 Å². The minimum atomic E-state index is -0.780. The van der Waals surface area contributed by atoms with Gasteiger partial charge in [-0.25, -0.2) is 0 Å². The highest BCUT2D eigenvalue weighted by atomic mass is 35.5. The van der Waals surface area contributed by atoms with Crippen LogP contribution in [0.4, 0.5) is 0 Å². The number of rotatable bonds is 2. The monoisotopic (exact) mass is 226 g/mol. The van der Waals surface area contributed by atoms with Crippen molar-refractivity contribution in [1.82, 2.24) is 0 Å². The SMILES string of the molecule is ClCC(Cl)=C(Cl)C(Cl)Cl. The van der Waals surface area contributed by atoms with Crippen LogP contribution in [0.25, 0.3) is 0 Å². The first-order valence-electron chi connectivity index (χ1n) is 1.97. The molecule has 0 bridgehead atoms. The van der Waals surface area contributed by atoms with E-state index in [0.717, 1.165) is 0 Å². The molecule has 0 aromatic carbocycles. The van der Waals surface area contributed by atoms with Gasteiger partial charge in [0.1, 0.15) is 4.84 Å². The third-order valence-electron chi connectivity index (χ3n) is 0.568. The highest BCUT2D eigenvalue weighted by Crippen LogP contribution is 2.24. The van der Waals surface area contributed by atoms with Crippen molar-refractivity contribution in [3.05, 3.63) is 10.1 Å². The zero-order valence-electron chi connectivity index (χ0n) is 4.17. The van der Waals surface area contributed by atoms with Gasteiger partial charge in [-0.3, -0.25) is 0 Å². The summed E-state index contributed by atoms with van der Waals surface area (Å²) < 4.78 is 0. The molecule has 0 heterocycles. The predicted octanol–water partition coefficient (Wildman–Crippen LogP) is 3.72. The number of hydrogen-bond donors (Lipinski definition) is 0. The molecule has 0 amide bonds. The zero-order valence-corrected chi connectivity index (χ0v) is 7.95. The molecule has 0 atom stereocenters. The molecule has 0 N–H and O–H groups in total. The van der Waals surface area contributed by atoms with Crippen molar-refractivity contribution >= 4 is 58.0 Å². The molecule has 0 aliphatic carbocycles. The highest BCUT2D eigenvalue weighted by molar-refractivity contribution is 6.54. The first-order chi connectivity index (χ1) is 4.09. The molecule has 0 nitrogen and oxygen atoms in total. The van der Waals surface area contributed by atoms with Crippen LogP contribution in [-0.2, 0) is 0 Å². The lowest BCUT2D eigenvalue weighted by Gasteiger charge is -1.98. The van der Waals surface area contributed by atoms with Crippen LogP contribution >= 0.6 is 58.0 Å². The second-order valence-corrected chi connectivity index (χ2v) is 3.41. The predicted molar refractivity (Wildman–Crippen MR) is 44.9 cm³/mol. The van der Waals surface area contributed by atoms with E-state index < -0.39 is 4.84 Å². The van der Waals surface area contributed by atoms with Gasteiger partial charge in [-0.1, -0.05) is 46.4 Å². The van der Waals surface area contributed by atoms with Gasteiger partial charge < -0.3 is 0 Å². The molecule has 9 heavy (non-hydrogen) atoms. The fraction of sp³-hybridized carbons (Fsp3) is 0.500. The van der Waals surface area contributed by atoms with Crippen LogP contribution in [-0.4, -0.2) is 10.7 Å². The molecule has 0 aliphatic rings. The average Bonchev–Trinajstić information content (AvgIpc) is 1.84. The summed E-state index contributed by atoms with van der Waals surface area (Å²) in [5.74, 6) is 0.135. The van der Waals surface area contributed by atoms with Crippen LogP contribution in [0.1, 0.15) is 0 Å². The van der Waals surface area contributed by atoms with Crippen molar-refractivity contribution in [2.45, 2.75) is 4.84 Å². The topological polar surface area (TPSA) is 0 Å². The minimum Gasteiger partial charge on any atom is -0.121 e. The van der Waals surface area contributed by atoms with E-state index >= 15 is 0 Å². The first-order valence-corrected chi connectivity index (χ1v) is 4.14. The highest BCUT2D eigenvalue weighted by Gasteiger charge is 2.08. The Morgan fingerprint density at radius 3 is 1.78 bits per heavy atom. The summed E-state index contributed by atoms with van der Waals surface area (Å²) in [6.07, 6.45) is 0. The van der Waals surface area contributed by atoms with Crippen molar-refractivity contribution in [3.63, 3.8) is 0 Å². The molecule has 0 fully saturated rings. The van der Waals surface area contributed by atoms with Gasteiger partial charge in [0.2, 0.25) is 0 Å². The molecular formula is C4H3Cl5. The summed E-state index contributed by atoms with van der Waals surface area (Å²) in [5, 5.41) is 0.475. The molecule has 54 valence electrons. The Balaban J connectivity index is 4.10. The van der Waals surface area contributed by atoms with Crippen LogP contribution in [0, 0.1) is 0 Å². The average molecular weight is 228 g/mol. The van der Waals surface area contributed by atoms with E-state index in [2.05, 4.69) is 0 Å². The lowest BCUT2D eigenvalue weighted by atomic mass is 10.6. The van der Waals surface area contributed by atoms with Crippen LogP contribution in [0.5, 0.6) is 0 Å². The molecule has 0 saturated carbocycles. The molecule has 0 aromatic heterocycles. The van der Waals surface area contributed by atoms with Gasteiger partial charge >= 0.3 is 0 Å². The zero-order chi connectivity index (χ0) is 7.44. The molecule has 0 rings (SSSR count). The second kappa shape index (κ2) is 4.92. The van der Waals surface area contributed by atoms with E-state index in [4.69, 9.17) is 58.0 Å². The lowest BCUT2D eigenvalue weighted by molar-refractivity contribution is 1.47. The summed E-state index contributed by atoms with van der Waals surface area (Å²) in [7, 11) is 0. The van der Waals surface area contributed by atoms with Gasteiger partial charge in [0.15, 0.2) is 0 Å². The van der Waals surface area contributed by atoms with Crippen molar-refractivity contribution in [1.29, 1.82) is 0 Å². The fourth-order valence-corrected chi connectivity index (χ4v) is 0.946. The molecular weight excluding hydrogens is 225 g/mol. The lowest BCUT2D eigenvalue weighted by Crippen LogP contribution is -1.89.